The van der Waals surface area contributed by atoms with E-state index in [1.807, 2.05) is 0 Å². The van der Waals surface area contributed by atoms with Gasteiger partial charge in [-0.3, -0.25) is 0 Å². The number of phenols is 1. The summed E-state index contributed by atoms with van der Waals surface area (Å²) in [5, 5.41) is 21.0. The van der Waals surface area contributed by atoms with Crippen molar-refractivity contribution < 1.29 is 5.11 Å². The fourth-order valence-corrected chi connectivity index (χ4v) is 2.42. The summed E-state index contributed by atoms with van der Waals surface area (Å²) >= 11 is 6.55. The molecule has 94 valence electrons. The number of hydrogen-bond acceptors (Lipinski definition) is 6. The van der Waals surface area contributed by atoms with Gasteiger partial charge in [0.1, 0.15) is 12.1 Å². The lowest BCUT2D eigenvalue weighted by Crippen LogP contribution is -2.10. The third-order valence-electron chi connectivity index (χ3n) is 2.00. The predicted octanol–water partition coefficient (Wildman–Crippen LogP) is 1.67. The van der Waals surface area contributed by atoms with E-state index in [1.54, 1.807) is 12.1 Å². The number of hydrazone groups is 1. The summed E-state index contributed by atoms with van der Waals surface area (Å²) in [6, 6.07) is 3.45. The van der Waals surface area contributed by atoms with Gasteiger partial charge in [0.25, 0.3) is 5.95 Å². The SMILES string of the molecule is Nn1cnnc1N/N=C\c1cc(Br)cc(Br)c1O. The molecule has 1 heterocycles. The average Bonchev–Trinajstić information content (AvgIpc) is 2.71. The molecule has 0 atom stereocenters. The van der Waals surface area contributed by atoms with Gasteiger partial charge in [-0.15, -0.1) is 10.2 Å². The number of benzene rings is 1. The number of aromatic hydroxyl groups is 1. The Morgan fingerprint density at radius 2 is 2.22 bits per heavy atom. The summed E-state index contributed by atoms with van der Waals surface area (Å²) < 4.78 is 2.57. The fourth-order valence-electron chi connectivity index (χ4n) is 1.17. The van der Waals surface area contributed by atoms with E-state index in [4.69, 9.17) is 5.84 Å². The molecule has 0 unspecified atom stereocenters. The van der Waals surface area contributed by atoms with Crippen LogP contribution in [0.25, 0.3) is 0 Å². The van der Waals surface area contributed by atoms with Gasteiger partial charge in [0, 0.05) is 10.0 Å². The van der Waals surface area contributed by atoms with Crippen LogP contribution in [0.4, 0.5) is 5.95 Å². The van der Waals surface area contributed by atoms with E-state index in [0.717, 1.165) is 4.47 Å². The lowest BCUT2D eigenvalue weighted by Gasteiger charge is -2.03. The van der Waals surface area contributed by atoms with Gasteiger partial charge in [-0.1, -0.05) is 15.9 Å². The van der Waals surface area contributed by atoms with Crippen molar-refractivity contribution in [3.8, 4) is 5.75 Å². The quantitative estimate of drug-likeness (QED) is 0.430. The molecule has 7 nitrogen and oxygen atoms in total. The molecular weight excluding hydrogens is 368 g/mol. The Balaban J connectivity index is 2.17. The molecule has 0 spiro atoms. The zero-order valence-electron chi connectivity index (χ0n) is 8.88. The van der Waals surface area contributed by atoms with Crippen molar-refractivity contribution in [2.45, 2.75) is 0 Å². The molecule has 9 heteroatoms. The van der Waals surface area contributed by atoms with Gasteiger partial charge in [-0.2, -0.15) is 5.10 Å². The van der Waals surface area contributed by atoms with Gasteiger partial charge >= 0.3 is 0 Å². The maximum Gasteiger partial charge on any atom is 0.263 e. The Kier molecular flexibility index (Phi) is 3.82. The smallest absolute Gasteiger partial charge is 0.263 e. The van der Waals surface area contributed by atoms with E-state index < -0.39 is 0 Å². The summed E-state index contributed by atoms with van der Waals surface area (Å²) in [4.78, 5) is 0. The fraction of sp³-hybridized carbons (Fsp3) is 0. The number of anilines is 1. The zero-order valence-corrected chi connectivity index (χ0v) is 12.1. The lowest BCUT2D eigenvalue weighted by molar-refractivity contribution is 0.471. The van der Waals surface area contributed by atoms with Crippen LogP contribution in [-0.2, 0) is 0 Å². The predicted molar refractivity (Wildman–Crippen MR) is 74.9 cm³/mol. The van der Waals surface area contributed by atoms with E-state index in [0.29, 0.717) is 16.0 Å². The molecule has 2 aromatic rings. The first-order valence-electron chi connectivity index (χ1n) is 4.70. The molecule has 0 aliphatic rings. The van der Waals surface area contributed by atoms with E-state index >= 15 is 0 Å². The number of halogens is 2. The van der Waals surface area contributed by atoms with Crippen molar-refractivity contribution in [3.05, 3.63) is 33.0 Å². The average molecular weight is 376 g/mol. The highest BCUT2D eigenvalue weighted by Gasteiger charge is 2.05. The van der Waals surface area contributed by atoms with Crippen LogP contribution < -0.4 is 11.3 Å². The van der Waals surface area contributed by atoms with Gasteiger partial charge in [0.05, 0.1) is 10.7 Å². The van der Waals surface area contributed by atoms with Crippen molar-refractivity contribution in [1.82, 2.24) is 14.9 Å². The Bertz CT molecular complexity index is 597. The van der Waals surface area contributed by atoms with Crippen LogP contribution in [0.1, 0.15) is 5.56 Å². The largest absolute Gasteiger partial charge is 0.506 e. The first-order chi connectivity index (χ1) is 8.58. The zero-order chi connectivity index (χ0) is 13.1. The molecule has 0 saturated carbocycles. The first-order valence-corrected chi connectivity index (χ1v) is 6.28. The number of nitrogens with two attached hydrogens (primary N) is 1. The third-order valence-corrected chi connectivity index (χ3v) is 3.06. The van der Waals surface area contributed by atoms with Crippen LogP contribution in [0.5, 0.6) is 5.75 Å². The molecule has 0 fully saturated rings. The number of hydrogen-bond donors (Lipinski definition) is 3. The van der Waals surface area contributed by atoms with Crippen molar-refractivity contribution in [2.75, 3.05) is 11.3 Å². The Morgan fingerprint density at radius 1 is 1.44 bits per heavy atom. The summed E-state index contributed by atoms with van der Waals surface area (Å²) in [6.07, 6.45) is 2.78. The molecule has 4 N–H and O–H groups in total. The summed E-state index contributed by atoms with van der Waals surface area (Å²) in [7, 11) is 0. The highest BCUT2D eigenvalue weighted by atomic mass is 79.9. The second kappa shape index (κ2) is 5.36. The number of nitrogen functional groups attached to an aromatic ring is 1. The van der Waals surface area contributed by atoms with Crippen LogP contribution in [0.15, 0.2) is 32.5 Å². The highest BCUT2D eigenvalue weighted by Crippen LogP contribution is 2.30. The third kappa shape index (κ3) is 2.79. The molecule has 0 radical (unpaired) electrons. The van der Waals surface area contributed by atoms with Crippen LogP contribution >= 0.6 is 31.9 Å². The maximum absolute atomic E-state index is 9.79. The van der Waals surface area contributed by atoms with Crippen molar-refractivity contribution in [3.63, 3.8) is 0 Å². The molecule has 0 bridgehead atoms. The Hall–Kier alpha value is -1.61. The molecule has 1 aromatic heterocycles. The standard InChI is InChI=1S/C9H8Br2N6O/c10-6-1-5(8(18)7(11)2-6)3-13-15-9-16-14-4-17(9)12/h1-4,18H,12H2,(H,15,16)/b13-3-. The lowest BCUT2D eigenvalue weighted by atomic mass is 10.2. The number of nitrogens with one attached hydrogen (secondary N) is 1. The van der Waals surface area contributed by atoms with E-state index in [2.05, 4.69) is 52.6 Å². The van der Waals surface area contributed by atoms with Gasteiger partial charge in [-0.25, -0.2) is 10.1 Å². The normalized spacial score (nSPS) is 11.0. The van der Waals surface area contributed by atoms with Gasteiger partial charge < -0.3 is 10.9 Å². The minimum atomic E-state index is 0.0953. The Morgan fingerprint density at radius 3 is 2.89 bits per heavy atom. The molecule has 2 rings (SSSR count). The molecule has 0 aliphatic heterocycles. The van der Waals surface area contributed by atoms with Gasteiger partial charge in [0.2, 0.25) is 0 Å². The van der Waals surface area contributed by atoms with Crippen LogP contribution in [0.3, 0.4) is 0 Å². The topological polar surface area (TPSA) is 101 Å². The van der Waals surface area contributed by atoms with Crippen LogP contribution in [0.2, 0.25) is 0 Å². The minimum absolute atomic E-state index is 0.0953. The van der Waals surface area contributed by atoms with Crippen LogP contribution in [-0.4, -0.2) is 26.2 Å². The molecule has 0 saturated heterocycles. The van der Waals surface area contributed by atoms with E-state index in [9.17, 15) is 5.11 Å². The molecule has 1 aromatic carbocycles. The van der Waals surface area contributed by atoms with Crippen molar-refractivity contribution in [1.29, 1.82) is 0 Å². The van der Waals surface area contributed by atoms with Crippen molar-refractivity contribution >= 4 is 44.0 Å². The second-order valence-electron chi connectivity index (χ2n) is 3.26. The van der Waals surface area contributed by atoms with E-state index in [1.165, 1.54) is 17.2 Å². The van der Waals surface area contributed by atoms with E-state index in [-0.39, 0.29) is 5.75 Å². The second-order valence-corrected chi connectivity index (χ2v) is 5.03. The minimum Gasteiger partial charge on any atom is -0.506 e. The molecular formula is C9H8Br2N6O. The number of rotatable bonds is 3. The molecule has 18 heavy (non-hydrogen) atoms. The maximum atomic E-state index is 9.79. The molecule has 0 aliphatic carbocycles. The van der Waals surface area contributed by atoms with Crippen LogP contribution in [0, 0.1) is 0 Å². The summed E-state index contributed by atoms with van der Waals surface area (Å²) in [5.74, 6) is 5.88. The summed E-state index contributed by atoms with van der Waals surface area (Å²) in [6.45, 7) is 0. The van der Waals surface area contributed by atoms with Gasteiger partial charge in [-0.05, 0) is 28.1 Å². The number of aromatic nitrogens is 3. The Labute approximate surface area is 119 Å². The van der Waals surface area contributed by atoms with Crippen molar-refractivity contribution in [2.24, 2.45) is 5.10 Å². The molecule has 0 amide bonds. The number of phenolic OH excluding ortho intramolecular Hbond substituents is 1. The first kappa shape index (κ1) is 12.8. The monoisotopic (exact) mass is 374 g/mol. The summed E-state index contributed by atoms with van der Waals surface area (Å²) in [5.41, 5.74) is 3.13. The highest BCUT2D eigenvalue weighted by molar-refractivity contribution is 9.11. The number of nitrogens with zero attached hydrogens (tertiary/aromatic N) is 4. The van der Waals surface area contributed by atoms with Gasteiger partial charge in [0.15, 0.2) is 0 Å².